The molecule has 10 nitrogen and oxygen atoms in total. The number of fused-ring (bicyclic) bond motifs is 2. The Balaban J connectivity index is 1.36. The second-order valence-electron chi connectivity index (χ2n) is 10.8. The molecule has 3 N–H and O–H groups in total. The van der Waals surface area contributed by atoms with Crippen LogP contribution in [0.1, 0.15) is 27.2 Å². The highest BCUT2D eigenvalue weighted by molar-refractivity contribution is 5.95. The van der Waals surface area contributed by atoms with Crippen molar-refractivity contribution in [3.8, 4) is 39.7 Å². The standard InChI is InChI=1S/C30H28N8O2/c1-30(2,3)14-24(39)33-19-12-18(15-31-16-19)22-8-9-23-26(34-22)27(38-37-23)29-35-25-21(10-11-32-28(25)36-29)17-6-5-7-20(13-17)40-4/h5-13,15-16H,14H2,1-4H3,(H,33,39)(H,37,38)(H,32,35,36). The Bertz CT molecular complexity index is 1870. The van der Waals surface area contributed by atoms with Crippen LogP contribution >= 0.6 is 0 Å². The Labute approximate surface area is 230 Å². The Kier molecular flexibility index (Phi) is 6.22. The molecule has 0 saturated carbocycles. The Hall–Kier alpha value is -5.12. The number of ether oxygens (including phenoxy) is 1. The van der Waals surface area contributed by atoms with Gasteiger partial charge in [0.15, 0.2) is 17.2 Å². The summed E-state index contributed by atoms with van der Waals surface area (Å²) < 4.78 is 5.40. The number of imidazole rings is 1. The second kappa shape index (κ2) is 9.88. The van der Waals surface area contributed by atoms with E-state index in [0.717, 1.165) is 33.5 Å². The molecular formula is C30H28N8O2. The molecule has 0 unspecified atom stereocenters. The fraction of sp³-hybridized carbons (Fsp3) is 0.200. The molecule has 200 valence electrons. The number of H-pyrrole nitrogens is 2. The first kappa shape index (κ1) is 25.2. The highest BCUT2D eigenvalue weighted by Gasteiger charge is 2.19. The average molecular weight is 533 g/mol. The minimum atomic E-state index is -0.111. The lowest BCUT2D eigenvalue weighted by molar-refractivity contribution is -0.117. The molecule has 0 radical (unpaired) electrons. The number of amides is 1. The molecule has 0 aliphatic heterocycles. The van der Waals surface area contributed by atoms with Gasteiger partial charge in [0, 0.05) is 29.9 Å². The Morgan fingerprint density at radius 1 is 1.00 bits per heavy atom. The molecule has 10 heteroatoms. The molecule has 0 aliphatic carbocycles. The van der Waals surface area contributed by atoms with E-state index in [1.165, 1.54) is 0 Å². The van der Waals surface area contributed by atoms with Gasteiger partial charge in [-0.25, -0.2) is 15.0 Å². The van der Waals surface area contributed by atoms with Crippen molar-refractivity contribution in [1.82, 2.24) is 35.1 Å². The molecule has 5 aromatic heterocycles. The fourth-order valence-electron chi connectivity index (χ4n) is 4.61. The number of nitrogens with one attached hydrogen (secondary N) is 3. The van der Waals surface area contributed by atoms with Gasteiger partial charge in [-0.3, -0.25) is 14.9 Å². The van der Waals surface area contributed by atoms with Gasteiger partial charge in [0.2, 0.25) is 5.91 Å². The van der Waals surface area contributed by atoms with Gasteiger partial charge in [-0.05, 0) is 47.4 Å². The third kappa shape index (κ3) is 4.98. The smallest absolute Gasteiger partial charge is 0.224 e. The first-order valence-electron chi connectivity index (χ1n) is 12.9. The van der Waals surface area contributed by atoms with Crippen molar-refractivity contribution in [2.45, 2.75) is 27.2 Å². The van der Waals surface area contributed by atoms with Crippen LogP contribution in [0.25, 0.3) is 56.1 Å². The SMILES string of the molecule is COc1cccc(-c2ccnc3[nH]c(-c4n[nH]c5ccc(-c6cncc(NC(=O)CC(C)(C)C)c6)nc45)nc23)c1. The molecule has 40 heavy (non-hydrogen) atoms. The van der Waals surface area contributed by atoms with E-state index in [-0.39, 0.29) is 11.3 Å². The van der Waals surface area contributed by atoms with Crippen molar-refractivity contribution < 1.29 is 9.53 Å². The van der Waals surface area contributed by atoms with Gasteiger partial charge in [0.05, 0.1) is 30.2 Å². The number of hydrogen-bond acceptors (Lipinski definition) is 7. The van der Waals surface area contributed by atoms with Gasteiger partial charge < -0.3 is 15.0 Å². The summed E-state index contributed by atoms with van der Waals surface area (Å²) in [6.45, 7) is 6.09. The number of aromatic amines is 2. The molecule has 0 saturated heterocycles. The van der Waals surface area contributed by atoms with Crippen LogP contribution < -0.4 is 10.1 Å². The lowest BCUT2D eigenvalue weighted by atomic mass is 9.92. The molecule has 0 fully saturated rings. The van der Waals surface area contributed by atoms with Crippen molar-refractivity contribution in [1.29, 1.82) is 0 Å². The first-order valence-corrected chi connectivity index (χ1v) is 12.9. The lowest BCUT2D eigenvalue weighted by Crippen LogP contribution is -2.19. The molecule has 1 aromatic carbocycles. The lowest BCUT2D eigenvalue weighted by Gasteiger charge is -2.17. The van der Waals surface area contributed by atoms with E-state index in [4.69, 9.17) is 14.7 Å². The summed E-state index contributed by atoms with van der Waals surface area (Å²) in [6, 6.07) is 15.4. The average Bonchev–Trinajstić information content (AvgIpc) is 3.55. The van der Waals surface area contributed by atoms with Gasteiger partial charge in [-0.1, -0.05) is 32.9 Å². The fourth-order valence-corrected chi connectivity index (χ4v) is 4.61. The van der Waals surface area contributed by atoms with Gasteiger partial charge >= 0.3 is 0 Å². The molecule has 0 aliphatic rings. The minimum Gasteiger partial charge on any atom is -0.497 e. The molecule has 6 rings (SSSR count). The minimum absolute atomic E-state index is 0.0567. The van der Waals surface area contributed by atoms with Gasteiger partial charge in [0.1, 0.15) is 16.8 Å². The molecule has 0 bridgehead atoms. The van der Waals surface area contributed by atoms with Crippen molar-refractivity contribution in [2.24, 2.45) is 5.41 Å². The molecule has 6 aromatic rings. The molecule has 5 heterocycles. The topological polar surface area (TPSA) is 134 Å². The summed E-state index contributed by atoms with van der Waals surface area (Å²) in [7, 11) is 1.65. The van der Waals surface area contributed by atoms with E-state index in [0.29, 0.717) is 40.5 Å². The maximum Gasteiger partial charge on any atom is 0.224 e. The highest BCUT2D eigenvalue weighted by Crippen LogP contribution is 2.32. The van der Waals surface area contributed by atoms with Crippen LogP contribution in [0.2, 0.25) is 0 Å². The number of rotatable bonds is 6. The van der Waals surface area contributed by atoms with E-state index in [2.05, 4.69) is 30.5 Å². The van der Waals surface area contributed by atoms with E-state index in [9.17, 15) is 4.79 Å². The van der Waals surface area contributed by atoms with Crippen LogP contribution in [0.3, 0.4) is 0 Å². The monoisotopic (exact) mass is 532 g/mol. The van der Waals surface area contributed by atoms with Crippen LogP contribution in [0.5, 0.6) is 5.75 Å². The largest absolute Gasteiger partial charge is 0.497 e. The zero-order valence-corrected chi connectivity index (χ0v) is 22.6. The predicted molar refractivity (Wildman–Crippen MR) is 155 cm³/mol. The molecular weight excluding hydrogens is 504 g/mol. The highest BCUT2D eigenvalue weighted by atomic mass is 16.5. The van der Waals surface area contributed by atoms with Crippen molar-refractivity contribution in [3.05, 3.63) is 67.1 Å². The van der Waals surface area contributed by atoms with E-state index in [1.54, 1.807) is 25.7 Å². The third-order valence-corrected chi connectivity index (χ3v) is 6.41. The van der Waals surface area contributed by atoms with E-state index < -0.39 is 0 Å². The van der Waals surface area contributed by atoms with Gasteiger partial charge in [-0.2, -0.15) is 5.10 Å². The maximum atomic E-state index is 12.4. The molecule has 0 spiro atoms. The maximum absolute atomic E-state index is 12.4. The summed E-state index contributed by atoms with van der Waals surface area (Å²) in [5.41, 5.74) is 7.24. The Morgan fingerprint density at radius 3 is 2.70 bits per heavy atom. The zero-order valence-electron chi connectivity index (χ0n) is 22.6. The number of pyridine rings is 3. The summed E-state index contributed by atoms with van der Waals surface area (Å²) >= 11 is 0. The number of anilines is 1. The van der Waals surface area contributed by atoms with E-state index in [1.807, 2.05) is 69.3 Å². The summed E-state index contributed by atoms with van der Waals surface area (Å²) in [5.74, 6) is 1.26. The first-order chi connectivity index (χ1) is 19.3. The number of carbonyl (C=O) groups excluding carboxylic acids is 1. The zero-order chi connectivity index (χ0) is 27.9. The summed E-state index contributed by atoms with van der Waals surface area (Å²) in [5, 5.41) is 10.5. The van der Waals surface area contributed by atoms with Crippen molar-refractivity contribution >= 4 is 33.8 Å². The van der Waals surface area contributed by atoms with Crippen LogP contribution in [0, 0.1) is 5.41 Å². The number of aromatic nitrogens is 7. The number of nitrogens with zero attached hydrogens (tertiary/aromatic N) is 5. The van der Waals surface area contributed by atoms with Crippen LogP contribution in [0.4, 0.5) is 5.69 Å². The normalized spacial score (nSPS) is 11.7. The van der Waals surface area contributed by atoms with Crippen LogP contribution in [-0.2, 0) is 4.79 Å². The third-order valence-electron chi connectivity index (χ3n) is 6.41. The quantitative estimate of drug-likeness (QED) is 0.239. The number of benzene rings is 1. The summed E-state index contributed by atoms with van der Waals surface area (Å²) in [4.78, 5) is 34.3. The van der Waals surface area contributed by atoms with Crippen LogP contribution in [0.15, 0.2) is 67.1 Å². The summed E-state index contributed by atoms with van der Waals surface area (Å²) in [6.07, 6.45) is 5.51. The van der Waals surface area contributed by atoms with Crippen molar-refractivity contribution in [2.75, 3.05) is 12.4 Å². The number of carbonyl (C=O) groups is 1. The van der Waals surface area contributed by atoms with E-state index >= 15 is 0 Å². The predicted octanol–water partition coefficient (Wildman–Crippen LogP) is 6.01. The number of methoxy groups -OCH3 is 1. The Morgan fingerprint density at radius 2 is 1.88 bits per heavy atom. The molecule has 0 atom stereocenters. The van der Waals surface area contributed by atoms with Crippen LogP contribution in [-0.4, -0.2) is 48.1 Å². The van der Waals surface area contributed by atoms with Gasteiger partial charge in [0.25, 0.3) is 0 Å². The second-order valence-corrected chi connectivity index (χ2v) is 10.8. The number of hydrogen-bond donors (Lipinski definition) is 3. The van der Waals surface area contributed by atoms with Gasteiger partial charge in [-0.15, -0.1) is 0 Å². The molecule has 1 amide bonds. The van der Waals surface area contributed by atoms with Crippen molar-refractivity contribution in [3.63, 3.8) is 0 Å².